The predicted molar refractivity (Wildman–Crippen MR) is 90.5 cm³/mol. The molecule has 0 unspecified atom stereocenters. The Morgan fingerprint density at radius 2 is 1.91 bits per heavy atom. The fourth-order valence-electron chi connectivity index (χ4n) is 2.04. The van der Waals surface area contributed by atoms with Gasteiger partial charge in [-0.15, -0.1) is 11.8 Å². The fraction of sp³-hybridized carbons (Fsp3) is 0.278. The molecule has 1 N–H and O–H groups in total. The Balaban J connectivity index is 1.62. The Hall–Kier alpha value is -1.81. The van der Waals surface area contributed by atoms with Crippen molar-refractivity contribution >= 4 is 17.7 Å². The third-order valence-corrected chi connectivity index (χ3v) is 4.25. The summed E-state index contributed by atoms with van der Waals surface area (Å²) in [6.07, 6.45) is 0.645. The molecule has 4 heteroatoms. The van der Waals surface area contributed by atoms with Crippen LogP contribution in [0.5, 0.6) is 0 Å². The van der Waals surface area contributed by atoms with E-state index in [1.54, 1.807) is 17.8 Å². The Morgan fingerprint density at radius 1 is 1.14 bits per heavy atom. The van der Waals surface area contributed by atoms with E-state index >= 15 is 0 Å². The molecule has 0 saturated heterocycles. The molecule has 2 rings (SSSR count). The maximum atomic E-state index is 13.0. The van der Waals surface area contributed by atoms with Gasteiger partial charge < -0.3 is 5.32 Å². The molecule has 22 heavy (non-hydrogen) atoms. The molecule has 0 radical (unpaired) electrons. The van der Waals surface area contributed by atoms with Crippen LogP contribution in [0.4, 0.5) is 4.39 Å². The average Bonchev–Trinajstić information content (AvgIpc) is 2.49. The van der Waals surface area contributed by atoms with Gasteiger partial charge in [0.05, 0.1) is 5.75 Å². The van der Waals surface area contributed by atoms with Crippen LogP contribution in [0, 0.1) is 12.7 Å². The number of hydrogen-bond acceptors (Lipinski definition) is 2. The van der Waals surface area contributed by atoms with Crippen LogP contribution in [-0.4, -0.2) is 18.2 Å². The van der Waals surface area contributed by atoms with Gasteiger partial charge in [-0.3, -0.25) is 4.79 Å². The first-order valence-electron chi connectivity index (χ1n) is 7.28. The van der Waals surface area contributed by atoms with Crippen LogP contribution in [0.2, 0.25) is 0 Å². The Morgan fingerprint density at radius 3 is 2.64 bits per heavy atom. The van der Waals surface area contributed by atoms with Gasteiger partial charge in [0, 0.05) is 12.3 Å². The standard InChI is InChI=1S/C18H20FNOS/c1-14-5-7-16(8-6-14)12-22-13-18(21)20-10-9-15-3-2-4-17(19)11-15/h2-8,11H,9-10,12-13H2,1H3,(H,20,21). The lowest BCUT2D eigenvalue weighted by Crippen LogP contribution is -2.27. The third-order valence-electron chi connectivity index (χ3n) is 3.25. The average molecular weight is 317 g/mol. The van der Waals surface area contributed by atoms with E-state index in [1.807, 2.05) is 6.07 Å². The van der Waals surface area contributed by atoms with Gasteiger partial charge in [-0.2, -0.15) is 0 Å². The van der Waals surface area contributed by atoms with E-state index in [9.17, 15) is 9.18 Å². The summed E-state index contributed by atoms with van der Waals surface area (Å²) in [5, 5.41) is 2.86. The molecule has 0 saturated carbocycles. The number of carbonyl (C=O) groups excluding carboxylic acids is 1. The van der Waals surface area contributed by atoms with Crippen LogP contribution in [0.3, 0.4) is 0 Å². The van der Waals surface area contributed by atoms with E-state index in [0.29, 0.717) is 18.7 Å². The first kappa shape index (κ1) is 16.6. The zero-order chi connectivity index (χ0) is 15.8. The van der Waals surface area contributed by atoms with Crippen LogP contribution < -0.4 is 5.32 Å². The normalized spacial score (nSPS) is 10.5. The second-order valence-corrected chi connectivity index (χ2v) is 6.19. The van der Waals surface area contributed by atoms with Gasteiger partial charge in [-0.25, -0.2) is 4.39 Å². The summed E-state index contributed by atoms with van der Waals surface area (Å²) >= 11 is 1.60. The number of rotatable bonds is 7. The highest BCUT2D eigenvalue weighted by molar-refractivity contribution is 7.99. The molecular weight excluding hydrogens is 297 g/mol. The minimum Gasteiger partial charge on any atom is -0.355 e. The number of benzene rings is 2. The lowest BCUT2D eigenvalue weighted by molar-refractivity contribution is -0.118. The second-order valence-electron chi connectivity index (χ2n) is 5.21. The Labute approximate surface area is 135 Å². The lowest BCUT2D eigenvalue weighted by Gasteiger charge is -2.06. The van der Waals surface area contributed by atoms with Crippen molar-refractivity contribution in [2.75, 3.05) is 12.3 Å². The van der Waals surface area contributed by atoms with Crippen molar-refractivity contribution < 1.29 is 9.18 Å². The Bertz CT molecular complexity index is 613. The molecule has 2 aromatic carbocycles. The van der Waals surface area contributed by atoms with E-state index in [4.69, 9.17) is 0 Å². The second kappa shape index (κ2) is 8.59. The van der Waals surface area contributed by atoms with Crippen LogP contribution >= 0.6 is 11.8 Å². The summed E-state index contributed by atoms with van der Waals surface area (Å²) in [6, 6.07) is 14.8. The van der Waals surface area contributed by atoms with Crippen molar-refractivity contribution in [2.24, 2.45) is 0 Å². The van der Waals surface area contributed by atoms with Gasteiger partial charge in [0.1, 0.15) is 5.82 Å². The highest BCUT2D eigenvalue weighted by atomic mass is 32.2. The van der Waals surface area contributed by atoms with E-state index in [1.165, 1.54) is 23.3 Å². The highest BCUT2D eigenvalue weighted by Gasteiger charge is 2.02. The highest BCUT2D eigenvalue weighted by Crippen LogP contribution is 2.12. The molecule has 1 amide bonds. The summed E-state index contributed by atoms with van der Waals surface area (Å²) in [5.41, 5.74) is 3.36. The van der Waals surface area contributed by atoms with Gasteiger partial charge in [0.25, 0.3) is 0 Å². The van der Waals surface area contributed by atoms with Gasteiger partial charge in [0.2, 0.25) is 5.91 Å². The number of nitrogens with one attached hydrogen (secondary N) is 1. The van der Waals surface area contributed by atoms with E-state index in [-0.39, 0.29) is 11.7 Å². The van der Waals surface area contributed by atoms with Crippen LogP contribution in [0.15, 0.2) is 48.5 Å². The van der Waals surface area contributed by atoms with Crippen LogP contribution in [-0.2, 0) is 17.0 Å². The molecule has 0 aliphatic rings. The summed E-state index contributed by atoms with van der Waals surface area (Å²) in [4.78, 5) is 11.7. The Kier molecular flexibility index (Phi) is 6.46. The molecular formula is C18H20FNOS. The molecule has 2 aromatic rings. The van der Waals surface area contributed by atoms with Crippen molar-refractivity contribution in [1.82, 2.24) is 5.32 Å². The molecule has 116 valence electrons. The van der Waals surface area contributed by atoms with E-state index < -0.39 is 0 Å². The monoisotopic (exact) mass is 317 g/mol. The minimum absolute atomic E-state index is 0.0218. The molecule has 0 bridgehead atoms. The topological polar surface area (TPSA) is 29.1 Å². The van der Waals surface area contributed by atoms with Crippen molar-refractivity contribution in [3.8, 4) is 0 Å². The number of thioether (sulfide) groups is 1. The molecule has 0 atom stereocenters. The lowest BCUT2D eigenvalue weighted by atomic mass is 10.1. The van der Waals surface area contributed by atoms with Crippen molar-refractivity contribution in [1.29, 1.82) is 0 Å². The molecule has 2 nitrogen and oxygen atoms in total. The molecule has 0 heterocycles. The SMILES string of the molecule is Cc1ccc(CSCC(=O)NCCc2cccc(F)c2)cc1. The largest absolute Gasteiger partial charge is 0.355 e. The smallest absolute Gasteiger partial charge is 0.230 e. The van der Waals surface area contributed by atoms with Crippen molar-refractivity contribution in [3.05, 3.63) is 71.0 Å². The molecule has 0 aromatic heterocycles. The van der Waals surface area contributed by atoms with Crippen LogP contribution in [0.25, 0.3) is 0 Å². The number of halogens is 1. The minimum atomic E-state index is -0.238. The van der Waals surface area contributed by atoms with Crippen molar-refractivity contribution in [2.45, 2.75) is 19.1 Å². The maximum Gasteiger partial charge on any atom is 0.230 e. The van der Waals surface area contributed by atoms with Crippen LogP contribution in [0.1, 0.15) is 16.7 Å². The first-order valence-corrected chi connectivity index (χ1v) is 8.43. The summed E-state index contributed by atoms with van der Waals surface area (Å²) in [7, 11) is 0. The van der Waals surface area contributed by atoms with Gasteiger partial charge in [-0.1, -0.05) is 42.0 Å². The zero-order valence-electron chi connectivity index (χ0n) is 12.6. The summed E-state index contributed by atoms with van der Waals surface area (Å²) < 4.78 is 13.0. The zero-order valence-corrected chi connectivity index (χ0v) is 13.5. The third kappa shape index (κ3) is 5.90. The summed E-state index contributed by atoms with van der Waals surface area (Å²) in [5.74, 6) is 1.06. The molecule has 0 aliphatic carbocycles. The molecule has 0 spiro atoms. The van der Waals surface area contributed by atoms with E-state index in [2.05, 4.69) is 36.5 Å². The number of hydrogen-bond donors (Lipinski definition) is 1. The van der Waals surface area contributed by atoms with Crippen molar-refractivity contribution in [3.63, 3.8) is 0 Å². The first-order chi connectivity index (χ1) is 10.6. The number of amides is 1. The van der Waals surface area contributed by atoms with Gasteiger partial charge in [0.15, 0.2) is 0 Å². The summed E-state index contributed by atoms with van der Waals surface area (Å²) in [6.45, 7) is 2.59. The van der Waals surface area contributed by atoms with E-state index in [0.717, 1.165) is 11.3 Å². The van der Waals surface area contributed by atoms with Gasteiger partial charge >= 0.3 is 0 Å². The fourth-order valence-corrected chi connectivity index (χ4v) is 2.85. The molecule has 0 aliphatic heterocycles. The quantitative estimate of drug-likeness (QED) is 0.843. The number of carbonyl (C=O) groups is 1. The maximum absolute atomic E-state index is 13.0. The van der Waals surface area contributed by atoms with Gasteiger partial charge in [-0.05, 0) is 36.6 Å². The molecule has 0 fully saturated rings. The predicted octanol–water partition coefficient (Wildman–Crippen LogP) is 3.73. The number of aryl methyl sites for hydroxylation is 1.